The van der Waals surface area contributed by atoms with E-state index in [0.717, 1.165) is 12.1 Å². The summed E-state index contributed by atoms with van der Waals surface area (Å²) < 4.78 is 7.01. The number of hydrogen-bond acceptors (Lipinski definition) is 3. The number of aromatic nitrogens is 1. The molecule has 1 aromatic rings. The SMILES string of the molecule is CCN(CC(=O)c1ccn(C)c1)C(C)COC. The van der Waals surface area contributed by atoms with Gasteiger partial charge in [-0.2, -0.15) is 0 Å². The first kappa shape index (κ1) is 13.9. The number of Topliss-reactive ketones (excluding diaryl/α,β-unsaturated/α-hetero) is 1. The Balaban J connectivity index is 2.59. The van der Waals surface area contributed by atoms with E-state index < -0.39 is 0 Å². The summed E-state index contributed by atoms with van der Waals surface area (Å²) in [4.78, 5) is 14.2. The number of hydrogen-bond donors (Lipinski definition) is 0. The van der Waals surface area contributed by atoms with Crippen LogP contribution in [0.5, 0.6) is 0 Å². The van der Waals surface area contributed by atoms with Crippen LogP contribution in [0.3, 0.4) is 0 Å². The lowest BCUT2D eigenvalue weighted by molar-refractivity contribution is 0.0788. The van der Waals surface area contributed by atoms with E-state index in [2.05, 4.69) is 18.7 Å². The summed E-state index contributed by atoms with van der Waals surface area (Å²) in [6, 6.07) is 2.12. The van der Waals surface area contributed by atoms with Crippen LogP contribution in [0.2, 0.25) is 0 Å². The molecule has 0 aromatic carbocycles. The quantitative estimate of drug-likeness (QED) is 0.676. The number of aryl methyl sites for hydroxylation is 1. The fourth-order valence-corrected chi connectivity index (χ4v) is 1.87. The van der Waals surface area contributed by atoms with Gasteiger partial charge in [0.1, 0.15) is 0 Å². The largest absolute Gasteiger partial charge is 0.383 e. The minimum absolute atomic E-state index is 0.162. The molecule has 0 saturated heterocycles. The molecule has 1 atom stereocenters. The number of rotatable bonds is 7. The van der Waals surface area contributed by atoms with Crippen LogP contribution in [0.25, 0.3) is 0 Å². The van der Waals surface area contributed by atoms with Crippen molar-refractivity contribution < 1.29 is 9.53 Å². The lowest BCUT2D eigenvalue weighted by Gasteiger charge is -2.26. The van der Waals surface area contributed by atoms with Gasteiger partial charge in [0.2, 0.25) is 0 Å². The van der Waals surface area contributed by atoms with Crippen LogP contribution in [0.1, 0.15) is 24.2 Å². The number of carbonyl (C=O) groups excluding carboxylic acids is 1. The number of carbonyl (C=O) groups is 1. The molecule has 1 aromatic heterocycles. The number of ketones is 1. The predicted octanol–water partition coefficient (Wildman–Crippen LogP) is 1.56. The van der Waals surface area contributed by atoms with E-state index in [1.807, 2.05) is 30.1 Å². The van der Waals surface area contributed by atoms with Crippen molar-refractivity contribution in [3.05, 3.63) is 24.0 Å². The van der Waals surface area contributed by atoms with Crippen molar-refractivity contribution >= 4 is 5.78 Å². The van der Waals surface area contributed by atoms with Crippen LogP contribution < -0.4 is 0 Å². The Morgan fingerprint density at radius 1 is 1.59 bits per heavy atom. The van der Waals surface area contributed by atoms with Gasteiger partial charge in [-0.15, -0.1) is 0 Å². The summed E-state index contributed by atoms with van der Waals surface area (Å²) in [5.74, 6) is 0.162. The van der Waals surface area contributed by atoms with Crippen molar-refractivity contribution in [1.82, 2.24) is 9.47 Å². The summed E-state index contributed by atoms with van der Waals surface area (Å²) in [5.41, 5.74) is 0.774. The third kappa shape index (κ3) is 3.98. The van der Waals surface area contributed by atoms with E-state index in [1.54, 1.807) is 7.11 Å². The number of ether oxygens (including phenoxy) is 1. The summed E-state index contributed by atoms with van der Waals surface area (Å²) in [7, 11) is 3.60. The Bertz CT molecular complexity index is 360. The van der Waals surface area contributed by atoms with Crippen molar-refractivity contribution in [2.45, 2.75) is 19.9 Å². The molecule has 0 aliphatic heterocycles. The Kier molecular flexibility index (Phi) is 5.38. The van der Waals surface area contributed by atoms with E-state index in [-0.39, 0.29) is 11.8 Å². The highest BCUT2D eigenvalue weighted by molar-refractivity contribution is 5.97. The van der Waals surface area contributed by atoms with Gasteiger partial charge in [0, 0.05) is 38.2 Å². The monoisotopic (exact) mass is 238 g/mol. The molecule has 0 aliphatic carbocycles. The summed E-state index contributed by atoms with van der Waals surface area (Å²) >= 11 is 0. The lowest BCUT2D eigenvalue weighted by Crippen LogP contribution is -2.39. The molecule has 0 radical (unpaired) electrons. The van der Waals surface area contributed by atoms with Gasteiger partial charge in [0.15, 0.2) is 5.78 Å². The Morgan fingerprint density at radius 3 is 2.76 bits per heavy atom. The average molecular weight is 238 g/mol. The third-order valence-corrected chi connectivity index (χ3v) is 2.94. The molecule has 0 spiro atoms. The molecule has 0 amide bonds. The van der Waals surface area contributed by atoms with E-state index >= 15 is 0 Å². The van der Waals surface area contributed by atoms with Crippen LogP contribution in [-0.2, 0) is 11.8 Å². The van der Waals surface area contributed by atoms with Crippen LogP contribution in [0, 0.1) is 0 Å². The molecule has 0 aliphatic rings. The molecule has 17 heavy (non-hydrogen) atoms. The van der Waals surface area contributed by atoms with E-state index in [1.165, 1.54) is 0 Å². The highest BCUT2D eigenvalue weighted by Crippen LogP contribution is 2.05. The molecule has 1 heterocycles. The molecule has 0 fully saturated rings. The normalized spacial score (nSPS) is 13.0. The molecule has 1 rings (SSSR count). The summed E-state index contributed by atoms with van der Waals surface area (Å²) in [6.07, 6.45) is 3.75. The van der Waals surface area contributed by atoms with Gasteiger partial charge in [-0.05, 0) is 19.5 Å². The van der Waals surface area contributed by atoms with Gasteiger partial charge in [-0.25, -0.2) is 0 Å². The van der Waals surface area contributed by atoms with Gasteiger partial charge in [0.05, 0.1) is 13.2 Å². The maximum Gasteiger partial charge on any atom is 0.178 e. The van der Waals surface area contributed by atoms with Crippen molar-refractivity contribution in [2.75, 3.05) is 26.8 Å². The number of likely N-dealkylation sites (N-methyl/N-ethyl adjacent to an activating group) is 1. The molecular formula is C13H22N2O2. The van der Waals surface area contributed by atoms with Crippen molar-refractivity contribution in [1.29, 1.82) is 0 Å². The Morgan fingerprint density at radius 2 is 2.29 bits per heavy atom. The highest BCUT2D eigenvalue weighted by Gasteiger charge is 2.16. The summed E-state index contributed by atoms with van der Waals surface area (Å²) in [5, 5.41) is 0. The van der Waals surface area contributed by atoms with E-state index in [4.69, 9.17) is 4.74 Å². The minimum Gasteiger partial charge on any atom is -0.383 e. The minimum atomic E-state index is 0.162. The topological polar surface area (TPSA) is 34.5 Å². The maximum atomic E-state index is 12.0. The van der Waals surface area contributed by atoms with Crippen molar-refractivity contribution in [3.63, 3.8) is 0 Å². The van der Waals surface area contributed by atoms with Gasteiger partial charge >= 0.3 is 0 Å². The lowest BCUT2D eigenvalue weighted by atomic mass is 10.2. The smallest absolute Gasteiger partial charge is 0.178 e. The Hall–Kier alpha value is -1.13. The first-order valence-electron chi connectivity index (χ1n) is 5.96. The zero-order chi connectivity index (χ0) is 12.8. The standard InChI is InChI=1S/C13H22N2O2/c1-5-15(11(2)10-17-4)9-13(16)12-6-7-14(3)8-12/h6-8,11H,5,9-10H2,1-4H3. The third-order valence-electron chi connectivity index (χ3n) is 2.94. The first-order valence-corrected chi connectivity index (χ1v) is 5.96. The van der Waals surface area contributed by atoms with E-state index in [9.17, 15) is 4.79 Å². The fourth-order valence-electron chi connectivity index (χ4n) is 1.87. The molecule has 4 nitrogen and oxygen atoms in total. The van der Waals surface area contributed by atoms with Crippen LogP contribution in [-0.4, -0.2) is 48.1 Å². The zero-order valence-electron chi connectivity index (χ0n) is 11.1. The second-order valence-corrected chi connectivity index (χ2v) is 4.36. The van der Waals surface area contributed by atoms with Gasteiger partial charge in [-0.1, -0.05) is 6.92 Å². The van der Waals surface area contributed by atoms with Crippen molar-refractivity contribution in [3.8, 4) is 0 Å². The van der Waals surface area contributed by atoms with Gasteiger partial charge in [0.25, 0.3) is 0 Å². The second kappa shape index (κ2) is 6.57. The van der Waals surface area contributed by atoms with Crippen LogP contribution in [0.15, 0.2) is 18.5 Å². The van der Waals surface area contributed by atoms with Crippen LogP contribution in [0.4, 0.5) is 0 Å². The van der Waals surface area contributed by atoms with Crippen molar-refractivity contribution in [2.24, 2.45) is 7.05 Å². The molecular weight excluding hydrogens is 216 g/mol. The number of methoxy groups -OCH3 is 1. The Labute approximate surface area is 103 Å². The molecule has 0 saturated carbocycles. The molecule has 4 heteroatoms. The average Bonchev–Trinajstić information content (AvgIpc) is 2.72. The van der Waals surface area contributed by atoms with Crippen LogP contribution >= 0.6 is 0 Å². The van der Waals surface area contributed by atoms with Gasteiger partial charge in [-0.3, -0.25) is 9.69 Å². The molecule has 0 bridgehead atoms. The molecule has 1 unspecified atom stereocenters. The molecule has 96 valence electrons. The first-order chi connectivity index (χ1) is 8.08. The number of nitrogens with zero attached hydrogens (tertiary/aromatic N) is 2. The predicted molar refractivity (Wildman–Crippen MR) is 68.3 cm³/mol. The second-order valence-electron chi connectivity index (χ2n) is 4.36. The highest BCUT2D eigenvalue weighted by atomic mass is 16.5. The van der Waals surface area contributed by atoms with Gasteiger partial charge < -0.3 is 9.30 Å². The summed E-state index contributed by atoms with van der Waals surface area (Å²) in [6.45, 7) is 6.08. The van der Waals surface area contributed by atoms with E-state index in [0.29, 0.717) is 13.2 Å². The fraction of sp³-hybridized carbons (Fsp3) is 0.615. The maximum absolute atomic E-state index is 12.0. The molecule has 0 N–H and O–H groups in total. The zero-order valence-corrected chi connectivity index (χ0v) is 11.1.